The molecule has 2 heterocycles. The van der Waals surface area contributed by atoms with Gasteiger partial charge in [-0.25, -0.2) is 8.42 Å². The normalized spacial score (nSPS) is 21.2. The van der Waals surface area contributed by atoms with Crippen LogP contribution in [0.3, 0.4) is 0 Å². The topological polar surface area (TPSA) is 78.8 Å². The van der Waals surface area contributed by atoms with Gasteiger partial charge in [-0.1, -0.05) is 12.1 Å². The number of allylic oxidation sites excluding steroid dienone is 1. The van der Waals surface area contributed by atoms with Gasteiger partial charge in [0.15, 0.2) is 0 Å². The first kappa shape index (κ1) is 27.5. The zero-order valence-corrected chi connectivity index (χ0v) is 20.2. The highest BCUT2D eigenvalue weighted by atomic mass is 32.2. The van der Waals surface area contributed by atoms with Gasteiger partial charge in [0.25, 0.3) is 5.24 Å². The molecule has 0 atom stereocenters. The van der Waals surface area contributed by atoms with Crippen molar-refractivity contribution in [2.24, 2.45) is 10.9 Å². The second-order valence-corrected chi connectivity index (χ2v) is 11.7. The van der Waals surface area contributed by atoms with Crippen LogP contribution in [0.1, 0.15) is 29.5 Å². The standard InChI is InChI=1S/C21H23F6N3O3S2/c1-35(32,33)9-6-28-18-17(34-19(31)29-18)10-13-4-7-30(8-5-13)12-14-2-3-15(20(22,23)24)11-16(14)21(25,26)27/h2-3,10-11,13H,4-9,12H2,1H3,(H,28,29,31). The van der Waals surface area contributed by atoms with E-state index in [-0.39, 0.29) is 41.6 Å². The van der Waals surface area contributed by atoms with E-state index in [9.17, 15) is 39.6 Å². The van der Waals surface area contributed by atoms with Crippen molar-refractivity contribution in [1.29, 1.82) is 0 Å². The summed E-state index contributed by atoms with van der Waals surface area (Å²) in [6.07, 6.45) is -5.72. The number of carbonyl (C=O) groups excluding carboxylic acids is 1. The van der Waals surface area contributed by atoms with Gasteiger partial charge in [-0.3, -0.25) is 14.7 Å². The largest absolute Gasteiger partial charge is 0.416 e. The molecule has 1 aromatic rings. The molecule has 0 spiro atoms. The van der Waals surface area contributed by atoms with Gasteiger partial charge in [0, 0.05) is 12.8 Å². The van der Waals surface area contributed by atoms with E-state index in [1.165, 1.54) is 0 Å². The summed E-state index contributed by atoms with van der Waals surface area (Å²) in [5, 5.41) is 2.23. The molecule has 1 N–H and O–H groups in total. The maximum absolute atomic E-state index is 13.4. The Bertz CT molecular complexity index is 1120. The lowest BCUT2D eigenvalue weighted by Gasteiger charge is -2.31. The van der Waals surface area contributed by atoms with Crippen LogP contribution in [0.25, 0.3) is 0 Å². The Labute approximate surface area is 202 Å². The van der Waals surface area contributed by atoms with Crippen LogP contribution < -0.4 is 5.32 Å². The molecule has 1 amide bonds. The average molecular weight is 544 g/mol. The van der Waals surface area contributed by atoms with Crippen molar-refractivity contribution in [2.45, 2.75) is 31.7 Å². The van der Waals surface area contributed by atoms with Gasteiger partial charge in [0.05, 0.1) is 28.3 Å². The van der Waals surface area contributed by atoms with Gasteiger partial charge in [0.1, 0.15) is 15.7 Å². The summed E-state index contributed by atoms with van der Waals surface area (Å²) in [4.78, 5) is 18.2. The number of amidine groups is 1. The van der Waals surface area contributed by atoms with Crippen molar-refractivity contribution in [2.75, 3.05) is 31.6 Å². The summed E-state index contributed by atoms with van der Waals surface area (Å²) < 4.78 is 101. The zero-order chi connectivity index (χ0) is 26.0. The molecule has 2 aliphatic heterocycles. The molecule has 3 rings (SSSR count). The predicted molar refractivity (Wildman–Crippen MR) is 121 cm³/mol. The highest BCUT2D eigenvalue weighted by Gasteiger charge is 2.38. The number of carbonyl (C=O) groups is 1. The summed E-state index contributed by atoms with van der Waals surface area (Å²) in [5.41, 5.74) is -2.85. The fourth-order valence-electron chi connectivity index (χ4n) is 3.77. The Morgan fingerprint density at radius 3 is 2.37 bits per heavy atom. The molecular weight excluding hydrogens is 520 g/mol. The first-order chi connectivity index (χ1) is 16.1. The number of alkyl halides is 6. The van der Waals surface area contributed by atoms with Crippen molar-refractivity contribution in [3.8, 4) is 0 Å². The number of hydrogen-bond acceptors (Lipinski definition) is 6. The fourth-order valence-corrected chi connectivity index (χ4v) is 5.02. The van der Waals surface area contributed by atoms with Crippen molar-refractivity contribution in [1.82, 2.24) is 10.2 Å². The van der Waals surface area contributed by atoms with Crippen molar-refractivity contribution < 1.29 is 39.6 Å². The third-order valence-corrected chi connectivity index (χ3v) is 7.31. The molecule has 2 fully saturated rings. The average Bonchev–Trinajstić information content (AvgIpc) is 3.06. The first-order valence-electron chi connectivity index (χ1n) is 10.5. The van der Waals surface area contributed by atoms with Crippen LogP contribution >= 0.6 is 11.8 Å². The third-order valence-electron chi connectivity index (χ3n) is 5.54. The van der Waals surface area contributed by atoms with E-state index in [2.05, 4.69) is 10.3 Å². The maximum atomic E-state index is 13.4. The second kappa shape index (κ2) is 10.5. The van der Waals surface area contributed by atoms with Crippen molar-refractivity contribution >= 4 is 32.7 Å². The zero-order valence-electron chi connectivity index (χ0n) is 18.5. The minimum atomic E-state index is -4.91. The molecule has 0 saturated carbocycles. The minimum Gasteiger partial charge on any atom is -0.300 e. The summed E-state index contributed by atoms with van der Waals surface area (Å²) in [7, 11) is -3.21. The molecule has 194 valence electrons. The van der Waals surface area contributed by atoms with E-state index < -0.39 is 33.3 Å². The molecule has 0 bridgehead atoms. The summed E-state index contributed by atoms with van der Waals surface area (Å²) in [6, 6.07) is 1.69. The first-order valence-corrected chi connectivity index (χ1v) is 13.4. The van der Waals surface area contributed by atoms with Crippen LogP contribution in [0.2, 0.25) is 0 Å². The van der Waals surface area contributed by atoms with E-state index >= 15 is 0 Å². The number of piperidine rings is 1. The van der Waals surface area contributed by atoms with Gasteiger partial charge in [-0.2, -0.15) is 26.3 Å². The Balaban J connectivity index is 1.65. The maximum Gasteiger partial charge on any atom is 0.416 e. The predicted octanol–water partition coefficient (Wildman–Crippen LogP) is 4.72. The monoisotopic (exact) mass is 543 g/mol. The second-order valence-electron chi connectivity index (χ2n) is 8.39. The molecule has 1 aromatic carbocycles. The van der Waals surface area contributed by atoms with Crippen molar-refractivity contribution in [3.63, 3.8) is 0 Å². The molecule has 0 aliphatic carbocycles. The quantitative estimate of drug-likeness (QED) is 0.526. The minimum absolute atomic E-state index is 0.000537. The van der Waals surface area contributed by atoms with Gasteiger partial charge in [-0.15, -0.1) is 0 Å². The molecule has 0 unspecified atom stereocenters. The van der Waals surface area contributed by atoms with Crippen LogP contribution in [0.15, 0.2) is 34.2 Å². The number of aliphatic imine (C=N–C) groups is 1. The lowest BCUT2D eigenvalue weighted by atomic mass is 9.95. The highest BCUT2D eigenvalue weighted by Crippen LogP contribution is 2.38. The summed E-state index contributed by atoms with van der Waals surface area (Å²) in [5.74, 6) is 0.147. The van der Waals surface area contributed by atoms with Crippen molar-refractivity contribution in [3.05, 3.63) is 45.9 Å². The number of rotatable bonds is 6. The number of halogens is 6. The molecule has 2 saturated heterocycles. The van der Waals surface area contributed by atoms with E-state index in [1.807, 2.05) is 6.08 Å². The molecule has 0 aromatic heterocycles. The SMILES string of the molecule is CS(=O)(=O)CCN=C1NC(=O)SC1=CC1CCN(Cc2ccc(C(F)(F)F)cc2C(F)(F)F)CC1. The fraction of sp³-hybridized carbons (Fsp3) is 0.524. The molecule has 6 nitrogen and oxygen atoms in total. The number of benzene rings is 1. The van der Waals surface area contributed by atoms with E-state index in [0.29, 0.717) is 42.7 Å². The lowest BCUT2D eigenvalue weighted by molar-refractivity contribution is -0.143. The number of nitrogens with one attached hydrogen (secondary N) is 1. The van der Waals surface area contributed by atoms with Crippen LogP contribution in [0.5, 0.6) is 0 Å². The lowest BCUT2D eigenvalue weighted by Crippen LogP contribution is -2.33. The Hall–Kier alpha value is -2.06. The Morgan fingerprint density at radius 2 is 1.80 bits per heavy atom. The summed E-state index contributed by atoms with van der Waals surface area (Å²) in [6.45, 7) is 0.696. The van der Waals surface area contributed by atoms with Gasteiger partial charge in [-0.05, 0) is 61.3 Å². The number of thioether (sulfide) groups is 1. The van der Waals surface area contributed by atoms with Gasteiger partial charge in [0.2, 0.25) is 0 Å². The number of likely N-dealkylation sites (tertiary alicyclic amines) is 1. The number of hydrogen-bond donors (Lipinski definition) is 1. The smallest absolute Gasteiger partial charge is 0.300 e. The van der Waals surface area contributed by atoms with E-state index in [4.69, 9.17) is 0 Å². The van der Waals surface area contributed by atoms with Crippen LogP contribution in [-0.4, -0.2) is 56.0 Å². The number of nitrogens with zero attached hydrogens (tertiary/aromatic N) is 2. The van der Waals surface area contributed by atoms with Crippen LogP contribution in [0, 0.1) is 5.92 Å². The third kappa shape index (κ3) is 7.97. The Kier molecular flexibility index (Phi) is 8.26. The molecular formula is C21H23F6N3O3S2. The molecule has 14 heteroatoms. The van der Waals surface area contributed by atoms with E-state index in [0.717, 1.165) is 24.1 Å². The Morgan fingerprint density at radius 1 is 1.14 bits per heavy atom. The highest BCUT2D eigenvalue weighted by molar-refractivity contribution is 8.18. The molecule has 0 radical (unpaired) electrons. The van der Waals surface area contributed by atoms with Gasteiger partial charge >= 0.3 is 12.4 Å². The summed E-state index contributed by atoms with van der Waals surface area (Å²) >= 11 is 0.937. The van der Waals surface area contributed by atoms with Crippen LogP contribution in [0.4, 0.5) is 31.1 Å². The van der Waals surface area contributed by atoms with Crippen LogP contribution in [-0.2, 0) is 28.7 Å². The number of sulfone groups is 1. The molecule has 2 aliphatic rings. The molecule has 35 heavy (non-hydrogen) atoms. The van der Waals surface area contributed by atoms with Gasteiger partial charge < -0.3 is 5.32 Å². The number of amides is 1. The van der Waals surface area contributed by atoms with E-state index in [1.54, 1.807) is 4.90 Å².